The Balaban J connectivity index is 1.29. The van der Waals surface area contributed by atoms with E-state index in [1.54, 1.807) is 67.6 Å². The maximum absolute atomic E-state index is 15.2. The standard InChI is InChI=1S/C58H68N8O8/c1-2-60-52(67)45-32-34-66-51(45)57(72)64-49(35-40-19-9-4-10-20-40)55(70)62-47(31-28-39-17-7-3-8-18-39)54(69)61-46(25-15-16-33-59)53(68)63-48(56(71)65-50(58(66)73)37-41-21-11-5-12-22-41)36-42-26-29-44(30-27-42)74-38-43-23-13-6-14-24-43/h3-14,17-24,26-27,29-30,45-51H,2,15-16,25,28,31-38,59H2,1H3,(H,60,67)(H,61,69)(H,62,70)(H,63,68)(H,64,72)(H,65,71)/t45?,46-,47+,48-,49-,50-,51-/m0/s1. The van der Waals surface area contributed by atoms with Crippen LogP contribution in [0.25, 0.3) is 0 Å². The van der Waals surface area contributed by atoms with E-state index < -0.39 is 83.5 Å². The van der Waals surface area contributed by atoms with Crippen molar-refractivity contribution in [2.24, 2.45) is 11.7 Å². The molecule has 8 N–H and O–H groups in total. The third-order valence-electron chi connectivity index (χ3n) is 13.5. The van der Waals surface area contributed by atoms with Gasteiger partial charge in [-0.1, -0.05) is 133 Å². The second-order valence-electron chi connectivity index (χ2n) is 18.9. The first-order valence-electron chi connectivity index (χ1n) is 25.7. The van der Waals surface area contributed by atoms with E-state index in [9.17, 15) is 28.8 Å². The Bertz CT molecular complexity index is 2640. The fourth-order valence-corrected chi connectivity index (χ4v) is 9.49. The number of nitrogens with two attached hydrogens (primary N) is 1. The molecule has 0 radical (unpaired) electrons. The number of fused-ring (bicyclic) bond motifs is 1. The number of rotatable bonds is 18. The molecule has 2 fully saturated rings. The molecular formula is C58H68N8O8. The molecule has 2 aliphatic rings. The maximum atomic E-state index is 15.2. The summed E-state index contributed by atoms with van der Waals surface area (Å²) in [6.07, 6.45) is 1.72. The molecule has 1 unspecified atom stereocenters. The van der Waals surface area contributed by atoms with Crippen LogP contribution in [0.3, 0.4) is 0 Å². The van der Waals surface area contributed by atoms with Crippen molar-refractivity contribution < 1.29 is 38.3 Å². The first-order chi connectivity index (χ1) is 36.0. The van der Waals surface area contributed by atoms with Gasteiger partial charge in [0.2, 0.25) is 41.4 Å². The van der Waals surface area contributed by atoms with Crippen molar-refractivity contribution in [3.05, 3.63) is 173 Å². The molecule has 5 aromatic rings. The van der Waals surface area contributed by atoms with Crippen molar-refractivity contribution in [3.63, 3.8) is 0 Å². The second-order valence-corrected chi connectivity index (χ2v) is 18.9. The zero-order chi connectivity index (χ0) is 52.2. The number of nitrogens with one attached hydrogen (secondary N) is 6. The molecule has 7 atom stereocenters. The lowest BCUT2D eigenvalue weighted by molar-refractivity contribution is -0.145. The molecule has 0 spiro atoms. The number of amides is 7. The summed E-state index contributed by atoms with van der Waals surface area (Å²) in [5.74, 6) is -4.93. The number of unbranched alkanes of at least 4 members (excludes halogenated alkanes) is 1. The van der Waals surface area contributed by atoms with E-state index in [1.807, 2.05) is 84.9 Å². The van der Waals surface area contributed by atoms with Crippen LogP contribution in [0.15, 0.2) is 146 Å². The number of benzene rings is 5. The van der Waals surface area contributed by atoms with Crippen molar-refractivity contribution in [1.29, 1.82) is 0 Å². The molecule has 74 heavy (non-hydrogen) atoms. The number of hydrogen-bond donors (Lipinski definition) is 7. The van der Waals surface area contributed by atoms with Crippen LogP contribution < -0.4 is 42.4 Å². The van der Waals surface area contributed by atoms with Crippen molar-refractivity contribution in [3.8, 4) is 5.75 Å². The number of carbonyl (C=O) groups is 7. The highest BCUT2D eigenvalue weighted by Gasteiger charge is 2.48. The lowest BCUT2D eigenvalue weighted by Gasteiger charge is -2.33. The molecule has 0 aliphatic carbocycles. The van der Waals surface area contributed by atoms with Crippen molar-refractivity contribution in [2.45, 2.75) is 108 Å². The van der Waals surface area contributed by atoms with Gasteiger partial charge in [0.1, 0.15) is 48.6 Å². The zero-order valence-electron chi connectivity index (χ0n) is 41.9. The Labute approximate surface area is 433 Å². The Morgan fingerprint density at radius 3 is 1.53 bits per heavy atom. The predicted octanol–water partition coefficient (Wildman–Crippen LogP) is 3.85. The molecular weight excluding hydrogens is 937 g/mol. The van der Waals surface area contributed by atoms with Crippen LogP contribution >= 0.6 is 0 Å². The molecule has 0 saturated carbocycles. The van der Waals surface area contributed by atoms with Gasteiger partial charge in [0, 0.05) is 32.4 Å². The third kappa shape index (κ3) is 15.3. The minimum atomic E-state index is -1.39. The van der Waals surface area contributed by atoms with Gasteiger partial charge in [-0.05, 0) is 91.9 Å². The summed E-state index contributed by atoms with van der Waals surface area (Å²) in [4.78, 5) is 105. The summed E-state index contributed by atoms with van der Waals surface area (Å²) in [6.45, 7) is 2.67. The van der Waals surface area contributed by atoms with E-state index in [1.165, 1.54) is 4.90 Å². The number of ether oxygens (including phenoxy) is 1. The van der Waals surface area contributed by atoms with E-state index in [-0.39, 0.29) is 51.6 Å². The average Bonchev–Trinajstić information content (AvgIpc) is 3.87. The first kappa shape index (κ1) is 53.9. The second kappa shape index (κ2) is 27.3. The van der Waals surface area contributed by atoms with Crippen LogP contribution in [0, 0.1) is 5.92 Å². The summed E-state index contributed by atoms with van der Waals surface area (Å²) in [5.41, 5.74) is 9.83. The minimum absolute atomic E-state index is 0.000433. The molecule has 7 amide bonds. The number of aryl methyl sites for hydroxylation is 1. The smallest absolute Gasteiger partial charge is 0.246 e. The molecule has 0 bridgehead atoms. The molecule has 0 aromatic heterocycles. The third-order valence-corrected chi connectivity index (χ3v) is 13.5. The Kier molecular flexibility index (Phi) is 19.9. The number of nitrogens with zero attached hydrogens (tertiary/aromatic N) is 1. The molecule has 388 valence electrons. The first-order valence-corrected chi connectivity index (χ1v) is 25.7. The van der Waals surface area contributed by atoms with Crippen LogP contribution in [0.4, 0.5) is 0 Å². The summed E-state index contributed by atoms with van der Waals surface area (Å²) < 4.78 is 6.03. The zero-order valence-corrected chi connectivity index (χ0v) is 41.9. The minimum Gasteiger partial charge on any atom is -0.489 e. The summed E-state index contributed by atoms with van der Waals surface area (Å²) in [7, 11) is 0. The Morgan fingerprint density at radius 1 is 0.541 bits per heavy atom. The van der Waals surface area contributed by atoms with Crippen LogP contribution in [0.2, 0.25) is 0 Å². The van der Waals surface area contributed by atoms with Gasteiger partial charge in [-0.15, -0.1) is 0 Å². The SMILES string of the molecule is CCNC(=O)C1CCN2C(=O)[C@H](Cc3ccccc3)NC(=O)[C@H](Cc3ccc(OCc4ccccc4)cc3)NC(=O)[C@H](CCCCN)NC(=O)[C@@H](CCc3ccccc3)NC(=O)[C@H](Cc3ccccc3)NC(=O)[C@H]12. The van der Waals surface area contributed by atoms with Gasteiger partial charge in [-0.2, -0.15) is 0 Å². The molecule has 2 saturated heterocycles. The number of hydrogen-bond acceptors (Lipinski definition) is 9. The normalized spacial score (nSPS) is 21.9. The van der Waals surface area contributed by atoms with E-state index in [4.69, 9.17) is 10.5 Å². The van der Waals surface area contributed by atoms with E-state index in [2.05, 4.69) is 31.9 Å². The van der Waals surface area contributed by atoms with Gasteiger partial charge in [-0.3, -0.25) is 33.6 Å². The Hall–Kier alpha value is -7.85. The summed E-state index contributed by atoms with van der Waals surface area (Å²) in [6, 6.07) is 36.7. The lowest BCUT2D eigenvalue weighted by Crippen LogP contribution is -2.62. The average molecular weight is 1010 g/mol. The molecule has 2 heterocycles. The quantitative estimate of drug-likeness (QED) is 0.0632. The fourth-order valence-electron chi connectivity index (χ4n) is 9.49. The van der Waals surface area contributed by atoms with Gasteiger partial charge in [0.15, 0.2) is 0 Å². The van der Waals surface area contributed by atoms with Crippen molar-refractivity contribution >= 4 is 41.4 Å². The lowest BCUT2D eigenvalue weighted by atomic mass is 9.96. The Morgan fingerprint density at radius 2 is 0.986 bits per heavy atom. The summed E-state index contributed by atoms with van der Waals surface area (Å²) >= 11 is 0. The van der Waals surface area contributed by atoms with E-state index in [0.717, 1.165) is 11.1 Å². The molecule has 7 rings (SSSR count). The van der Waals surface area contributed by atoms with Gasteiger partial charge >= 0.3 is 0 Å². The van der Waals surface area contributed by atoms with Crippen LogP contribution in [-0.2, 0) is 65.9 Å². The van der Waals surface area contributed by atoms with Crippen molar-refractivity contribution in [2.75, 3.05) is 19.6 Å². The highest BCUT2D eigenvalue weighted by Crippen LogP contribution is 2.27. The predicted molar refractivity (Wildman–Crippen MR) is 281 cm³/mol. The number of carbonyl (C=O) groups excluding carboxylic acids is 7. The van der Waals surface area contributed by atoms with E-state index in [0.29, 0.717) is 54.9 Å². The molecule has 2 aliphatic heterocycles. The van der Waals surface area contributed by atoms with Gasteiger partial charge in [-0.25, -0.2) is 0 Å². The summed E-state index contributed by atoms with van der Waals surface area (Å²) in [5, 5.41) is 17.4. The van der Waals surface area contributed by atoms with Crippen LogP contribution in [0.1, 0.15) is 66.8 Å². The van der Waals surface area contributed by atoms with E-state index >= 15 is 4.79 Å². The topological polar surface area (TPSA) is 230 Å². The van der Waals surface area contributed by atoms with Crippen LogP contribution in [0.5, 0.6) is 5.75 Å². The van der Waals surface area contributed by atoms with Crippen molar-refractivity contribution in [1.82, 2.24) is 36.8 Å². The molecule has 16 nitrogen and oxygen atoms in total. The maximum Gasteiger partial charge on any atom is 0.246 e. The molecule has 16 heteroatoms. The largest absolute Gasteiger partial charge is 0.489 e. The molecule has 5 aromatic carbocycles. The highest BCUT2D eigenvalue weighted by molar-refractivity contribution is 6.00. The van der Waals surface area contributed by atoms with Crippen LogP contribution in [-0.4, -0.2) is 102 Å². The fraction of sp³-hybridized carbons (Fsp3) is 0.362. The van der Waals surface area contributed by atoms with Gasteiger partial charge in [0.05, 0.1) is 5.92 Å². The van der Waals surface area contributed by atoms with Gasteiger partial charge in [0.25, 0.3) is 0 Å². The monoisotopic (exact) mass is 1000 g/mol. The highest BCUT2D eigenvalue weighted by atomic mass is 16.5. The van der Waals surface area contributed by atoms with Gasteiger partial charge < -0.3 is 47.3 Å².